The van der Waals surface area contributed by atoms with Crippen LogP contribution in [0.5, 0.6) is 0 Å². The van der Waals surface area contributed by atoms with Gasteiger partial charge in [-0.25, -0.2) is 0 Å². The predicted octanol–water partition coefficient (Wildman–Crippen LogP) is 3.09. The lowest BCUT2D eigenvalue weighted by molar-refractivity contribution is -0.0595. The number of ether oxygens (including phenoxy) is 1. The highest BCUT2D eigenvalue weighted by Gasteiger charge is 2.26. The van der Waals surface area contributed by atoms with E-state index >= 15 is 0 Å². The summed E-state index contributed by atoms with van der Waals surface area (Å²) in [6.07, 6.45) is 5.02. The Labute approximate surface area is 126 Å². The molecule has 1 aliphatic heterocycles. The Morgan fingerprint density at radius 2 is 2.05 bits per heavy atom. The minimum atomic E-state index is 0.191. The second-order valence-electron chi connectivity index (χ2n) is 5.69. The Hall–Kier alpha value is -1.71. The minimum absolute atomic E-state index is 0.191. The van der Waals surface area contributed by atoms with Gasteiger partial charge in [-0.05, 0) is 30.5 Å². The van der Waals surface area contributed by atoms with Gasteiger partial charge in [0.2, 0.25) is 0 Å². The molecule has 1 fully saturated rings. The van der Waals surface area contributed by atoms with E-state index in [9.17, 15) is 0 Å². The number of rotatable bonds is 4. The fraction of sp³-hybridized carbons (Fsp3) is 0.389. The summed E-state index contributed by atoms with van der Waals surface area (Å²) >= 11 is 0. The first-order valence-corrected chi connectivity index (χ1v) is 7.62. The van der Waals surface area contributed by atoms with Crippen LogP contribution in [0.15, 0.2) is 54.9 Å². The smallest absolute Gasteiger partial charge is 0.0952 e. The molecule has 0 unspecified atom stereocenters. The van der Waals surface area contributed by atoms with Gasteiger partial charge in [-0.15, -0.1) is 0 Å². The average Bonchev–Trinajstić information content (AvgIpc) is 2.56. The lowest BCUT2D eigenvalue weighted by Gasteiger charge is -2.38. The second-order valence-corrected chi connectivity index (χ2v) is 5.69. The first-order valence-electron chi connectivity index (χ1n) is 7.62. The van der Waals surface area contributed by atoms with Crippen molar-refractivity contribution in [1.82, 2.24) is 9.88 Å². The van der Waals surface area contributed by atoms with E-state index in [0.29, 0.717) is 6.04 Å². The zero-order valence-corrected chi connectivity index (χ0v) is 12.5. The number of pyridine rings is 1. The predicted molar refractivity (Wildman–Crippen MR) is 84.1 cm³/mol. The summed E-state index contributed by atoms with van der Waals surface area (Å²) < 4.78 is 6.00. The maximum absolute atomic E-state index is 6.00. The fourth-order valence-corrected chi connectivity index (χ4v) is 2.81. The molecule has 110 valence electrons. The lowest BCUT2D eigenvalue weighted by Crippen LogP contribution is -2.45. The number of benzene rings is 1. The number of morpholine rings is 1. The summed E-state index contributed by atoms with van der Waals surface area (Å²) in [4.78, 5) is 6.71. The molecule has 1 saturated heterocycles. The van der Waals surface area contributed by atoms with Crippen LogP contribution in [-0.4, -0.2) is 35.6 Å². The molecule has 3 heteroatoms. The summed E-state index contributed by atoms with van der Waals surface area (Å²) in [5.41, 5.74) is 2.57. The summed E-state index contributed by atoms with van der Waals surface area (Å²) in [7, 11) is 0. The largest absolute Gasteiger partial charge is 0.371 e. The Balaban J connectivity index is 1.61. The third-order valence-electron chi connectivity index (χ3n) is 4.14. The van der Waals surface area contributed by atoms with Crippen LogP contribution in [0.2, 0.25) is 0 Å². The van der Waals surface area contributed by atoms with E-state index in [1.807, 2.05) is 18.5 Å². The van der Waals surface area contributed by atoms with E-state index in [1.54, 1.807) is 0 Å². The lowest BCUT2D eigenvalue weighted by atomic mass is 10.1. The molecule has 0 spiro atoms. The molecule has 2 heterocycles. The van der Waals surface area contributed by atoms with Gasteiger partial charge in [0.1, 0.15) is 0 Å². The maximum atomic E-state index is 6.00. The van der Waals surface area contributed by atoms with Crippen molar-refractivity contribution in [2.45, 2.75) is 25.5 Å². The SMILES string of the molecule is C[C@H]1CO[C@@H](c2ccccc2)CN1CCc1cccnc1. The van der Waals surface area contributed by atoms with Gasteiger partial charge in [0, 0.05) is 31.5 Å². The molecule has 2 aromatic rings. The zero-order chi connectivity index (χ0) is 14.5. The average molecular weight is 282 g/mol. The van der Waals surface area contributed by atoms with Crippen LogP contribution in [0.4, 0.5) is 0 Å². The third-order valence-corrected chi connectivity index (χ3v) is 4.14. The molecule has 0 saturated carbocycles. The van der Waals surface area contributed by atoms with E-state index < -0.39 is 0 Å². The van der Waals surface area contributed by atoms with Gasteiger partial charge in [-0.2, -0.15) is 0 Å². The van der Waals surface area contributed by atoms with Gasteiger partial charge in [0.05, 0.1) is 12.7 Å². The summed E-state index contributed by atoms with van der Waals surface area (Å²) in [5, 5.41) is 0. The van der Waals surface area contributed by atoms with Crippen molar-refractivity contribution in [3.05, 3.63) is 66.0 Å². The Morgan fingerprint density at radius 3 is 2.81 bits per heavy atom. The van der Waals surface area contributed by atoms with Gasteiger partial charge in [0.25, 0.3) is 0 Å². The molecule has 3 nitrogen and oxygen atoms in total. The Bertz CT molecular complexity index is 544. The number of aromatic nitrogens is 1. The highest BCUT2D eigenvalue weighted by molar-refractivity contribution is 5.18. The molecule has 1 aromatic heterocycles. The Morgan fingerprint density at radius 1 is 1.19 bits per heavy atom. The zero-order valence-electron chi connectivity index (χ0n) is 12.5. The van der Waals surface area contributed by atoms with Crippen LogP contribution in [0.3, 0.4) is 0 Å². The summed E-state index contributed by atoms with van der Waals surface area (Å²) in [5.74, 6) is 0. The number of hydrogen-bond acceptors (Lipinski definition) is 3. The van der Waals surface area contributed by atoms with Crippen LogP contribution in [0.25, 0.3) is 0 Å². The first-order chi connectivity index (χ1) is 10.3. The molecule has 0 N–H and O–H groups in total. The number of hydrogen-bond donors (Lipinski definition) is 0. The molecule has 0 bridgehead atoms. The molecule has 2 atom stereocenters. The van der Waals surface area contributed by atoms with Crippen molar-refractivity contribution >= 4 is 0 Å². The quantitative estimate of drug-likeness (QED) is 0.861. The van der Waals surface area contributed by atoms with Crippen molar-refractivity contribution in [1.29, 1.82) is 0 Å². The van der Waals surface area contributed by atoms with Crippen molar-refractivity contribution in [2.75, 3.05) is 19.7 Å². The highest BCUT2D eigenvalue weighted by atomic mass is 16.5. The van der Waals surface area contributed by atoms with Gasteiger partial charge in [-0.3, -0.25) is 9.88 Å². The molecule has 3 rings (SSSR count). The van der Waals surface area contributed by atoms with E-state index in [2.05, 4.69) is 53.2 Å². The van der Waals surface area contributed by atoms with Crippen LogP contribution >= 0.6 is 0 Å². The van der Waals surface area contributed by atoms with E-state index in [-0.39, 0.29) is 6.10 Å². The van der Waals surface area contributed by atoms with Crippen LogP contribution < -0.4 is 0 Å². The van der Waals surface area contributed by atoms with Crippen molar-refractivity contribution in [2.24, 2.45) is 0 Å². The van der Waals surface area contributed by atoms with Gasteiger partial charge >= 0.3 is 0 Å². The molecule has 21 heavy (non-hydrogen) atoms. The molecular weight excluding hydrogens is 260 g/mol. The second kappa shape index (κ2) is 6.83. The van der Waals surface area contributed by atoms with E-state index in [1.165, 1.54) is 11.1 Å². The topological polar surface area (TPSA) is 25.4 Å². The molecular formula is C18H22N2O. The first kappa shape index (κ1) is 14.2. The molecule has 1 aliphatic rings. The van der Waals surface area contributed by atoms with Gasteiger partial charge in [0.15, 0.2) is 0 Å². The fourth-order valence-electron chi connectivity index (χ4n) is 2.81. The Kier molecular flexibility index (Phi) is 4.63. The highest BCUT2D eigenvalue weighted by Crippen LogP contribution is 2.24. The molecule has 0 amide bonds. The maximum Gasteiger partial charge on any atom is 0.0952 e. The van der Waals surface area contributed by atoms with Crippen molar-refractivity contribution in [3.8, 4) is 0 Å². The van der Waals surface area contributed by atoms with E-state index in [4.69, 9.17) is 4.74 Å². The summed E-state index contributed by atoms with van der Waals surface area (Å²) in [6.45, 7) is 5.06. The van der Waals surface area contributed by atoms with Crippen molar-refractivity contribution in [3.63, 3.8) is 0 Å². The standard InChI is InChI=1S/C18H22N2O/c1-15-14-21-18(17-7-3-2-4-8-17)13-20(15)11-9-16-6-5-10-19-12-16/h2-8,10,12,15,18H,9,11,13-14H2,1H3/t15-,18+/m0/s1. The minimum Gasteiger partial charge on any atom is -0.371 e. The molecule has 1 aromatic carbocycles. The van der Waals surface area contributed by atoms with Crippen LogP contribution in [0, 0.1) is 0 Å². The molecule has 0 radical (unpaired) electrons. The third kappa shape index (κ3) is 3.69. The van der Waals surface area contributed by atoms with Crippen molar-refractivity contribution < 1.29 is 4.74 Å². The summed E-state index contributed by atoms with van der Waals surface area (Å²) in [6, 6.07) is 15.1. The number of nitrogens with zero attached hydrogens (tertiary/aromatic N) is 2. The normalized spacial score (nSPS) is 23.1. The van der Waals surface area contributed by atoms with Crippen LogP contribution in [0.1, 0.15) is 24.2 Å². The van der Waals surface area contributed by atoms with E-state index in [0.717, 1.165) is 26.1 Å². The van der Waals surface area contributed by atoms with Crippen LogP contribution in [-0.2, 0) is 11.2 Å². The monoisotopic (exact) mass is 282 g/mol. The molecule has 0 aliphatic carbocycles. The van der Waals surface area contributed by atoms with Gasteiger partial charge in [-0.1, -0.05) is 36.4 Å². The van der Waals surface area contributed by atoms with Gasteiger partial charge < -0.3 is 4.74 Å².